The van der Waals surface area contributed by atoms with Crippen molar-refractivity contribution >= 4 is 27.5 Å². The molecule has 96 valence electrons. The Morgan fingerprint density at radius 2 is 2.28 bits per heavy atom. The topological polar surface area (TPSA) is 46.4 Å². The largest absolute Gasteiger partial charge is 0.356 e. The highest BCUT2D eigenvalue weighted by atomic mass is 79.9. The van der Waals surface area contributed by atoms with Gasteiger partial charge in [-0.2, -0.15) is 0 Å². The molecule has 2 aromatic rings. The number of amides is 1. The Morgan fingerprint density at radius 1 is 1.44 bits per heavy atom. The number of carbonyl (C=O) groups excluding carboxylic acids is 1. The van der Waals surface area contributed by atoms with Crippen molar-refractivity contribution in [3.05, 3.63) is 34.7 Å². The summed E-state index contributed by atoms with van der Waals surface area (Å²) >= 11 is 3.43. The third-order valence-corrected chi connectivity index (χ3v) is 3.11. The van der Waals surface area contributed by atoms with E-state index in [1.54, 1.807) is 0 Å². The predicted octanol–water partition coefficient (Wildman–Crippen LogP) is 2.56. The van der Waals surface area contributed by atoms with Crippen LogP contribution in [0.25, 0.3) is 5.65 Å². The second-order valence-electron chi connectivity index (χ2n) is 4.19. The van der Waals surface area contributed by atoms with Crippen LogP contribution in [-0.2, 0) is 11.2 Å². The van der Waals surface area contributed by atoms with Gasteiger partial charge in [-0.3, -0.25) is 4.79 Å². The van der Waals surface area contributed by atoms with E-state index in [-0.39, 0.29) is 5.91 Å². The van der Waals surface area contributed by atoms with Crippen molar-refractivity contribution in [1.29, 1.82) is 0 Å². The fourth-order valence-electron chi connectivity index (χ4n) is 1.78. The molecule has 0 spiro atoms. The van der Waals surface area contributed by atoms with Gasteiger partial charge in [0.1, 0.15) is 5.65 Å². The Kier molecular flexibility index (Phi) is 4.36. The van der Waals surface area contributed by atoms with E-state index >= 15 is 0 Å². The maximum atomic E-state index is 11.3. The molecule has 0 saturated carbocycles. The molecular weight excluding hydrogens is 294 g/mol. The normalized spacial score (nSPS) is 10.8. The first kappa shape index (κ1) is 13.1. The van der Waals surface area contributed by atoms with E-state index in [1.807, 2.05) is 35.9 Å². The van der Waals surface area contributed by atoms with Gasteiger partial charge in [0, 0.05) is 36.3 Å². The Morgan fingerprint density at radius 3 is 3.06 bits per heavy atom. The van der Waals surface area contributed by atoms with Crippen molar-refractivity contribution in [3.8, 4) is 0 Å². The molecule has 0 radical (unpaired) electrons. The summed E-state index contributed by atoms with van der Waals surface area (Å²) in [6.07, 6.45) is 6.20. The van der Waals surface area contributed by atoms with Gasteiger partial charge in [-0.1, -0.05) is 6.92 Å². The molecule has 0 atom stereocenters. The standard InChI is InChI=1S/C13H16BrN3O/c1-2-3-13(18)15-7-6-11-9-17-8-10(14)4-5-12(17)16-11/h4-5,8-9H,2-3,6-7H2,1H3,(H,15,18). The lowest BCUT2D eigenvalue weighted by atomic mass is 10.3. The van der Waals surface area contributed by atoms with Crippen LogP contribution in [-0.4, -0.2) is 21.8 Å². The van der Waals surface area contributed by atoms with Gasteiger partial charge in [0.2, 0.25) is 5.91 Å². The van der Waals surface area contributed by atoms with Crippen molar-refractivity contribution in [2.24, 2.45) is 0 Å². The molecule has 0 fully saturated rings. The zero-order valence-corrected chi connectivity index (χ0v) is 11.9. The van der Waals surface area contributed by atoms with E-state index in [2.05, 4.69) is 26.2 Å². The lowest BCUT2D eigenvalue weighted by Crippen LogP contribution is -2.25. The van der Waals surface area contributed by atoms with E-state index in [0.29, 0.717) is 13.0 Å². The molecule has 2 heterocycles. The quantitative estimate of drug-likeness (QED) is 0.922. The first-order chi connectivity index (χ1) is 8.69. The molecule has 4 nitrogen and oxygen atoms in total. The van der Waals surface area contributed by atoms with Gasteiger partial charge in [-0.15, -0.1) is 0 Å². The number of nitrogens with zero attached hydrogens (tertiary/aromatic N) is 2. The molecule has 0 unspecified atom stereocenters. The molecule has 0 bridgehead atoms. The molecule has 18 heavy (non-hydrogen) atoms. The van der Waals surface area contributed by atoms with Crippen molar-refractivity contribution in [3.63, 3.8) is 0 Å². The molecule has 0 aliphatic rings. The number of halogens is 1. The Labute approximate surface area is 115 Å². The van der Waals surface area contributed by atoms with Crippen LogP contribution in [0.4, 0.5) is 0 Å². The minimum absolute atomic E-state index is 0.115. The van der Waals surface area contributed by atoms with Crippen LogP contribution >= 0.6 is 15.9 Å². The molecule has 5 heteroatoms. The molecule has 0 aromatic carbocycles. The molecule has 1 N–H and O–H groups in total. The van der Waals surface area contributed by atoms with Crippen molar-refractivity contribution < 1.29 is 4.79 Å². The summed E-state index contributed by atoms with van der Waals surface area (Å²) in [6.45, 7) is 2.64. The number of nitrogens with one attached hydrogen (secondary N) is 1. The Hall–Kier alpha value is -1.36. The molecule has 0 aliphatic heterocycles. The summed E-state index contributed by atoms with van der Waals surface area (Å²) in [7, 11) is 0. The second kappa shape index (κ2) is 6.00. The SMILES string of the molecule is CCCC(=O)NCCc1cn2cc(Br)ccc2n1. The van der Waals surface area contributed by atoms with Crippen LogP contribution in [0.5, 0.6) is 0 Å². The van der Waals surface area contributed by atoms with Crippen LogP contribution in [0.15, 0.2) is 29.0 Å². The minimum atomic E-state index is 0.115. The molecule has 2 rings (SSSR count). The highest BCUT2D eigenvalue weighted by Gasteiger charge is 2.03. The van der Waals surface area contributed by atoms with Crippen molar-refractivity contribution in [2.45, 2.75) is 26.2 Å². The first-order valence-electron chi connectivity index (χ1n) is 6.09. The number of hydrogen-bond donors (Lipinski definition) is 1. The van der Waals surface area contributed by atoms with Gasteiger partial charge in [0.05, 0.1) is 5.69 Å². The van der Waals surface area contributed by atoms with Gasteiger partial charge < -0.3 is 9.72 Å². The van der Waals surface area contributed by atoms with Crippen molar-refractivity contribution in [2.75, 3.05) is 6.54 Å². The third-order valence-electron chi connectivity index (χ3n) is 2.65. The van der Waals surface area contributed by atoms with Gasteiger partial charge >= 0.3 is 0 Å². The number of imidazole rings is 1. The highest BCUT2D eigenvalue weighted by molar-refractivity contribution is 9.10. The van der Waals surface area contributed by atoms with Crippen LogP contribution in [0.2, 0.25) is 0 Å². The number of carbonyl (C=O) groups is 1. The fraction of sp³-hybridized carbons (Fsp3) is 0.385. The zero-order chi connectivity index (χ0) is 13.0. The highest BCUT2D eigenvalue weighted by Crippen LogP contribution is 2.12. The summed E-state index contributed by atoms with van der Waals surface area (Å²) in [5.74, 6) is 0.115. The van der Waals surface area contributed by atoms with Gasteiger partial charge in [-0.05, 0) is 34.5 Å². The number of pyridine rings is 1. The van der Waals surface area contributed by atoms with Crippen LogP contribution in [0.1, 0.15) is 25.5 Å². The number of aromatic nitrogens is 2. The Balaban J connectivity index is 1.94. The monoisotopic (exact) mass is 309 g/mol. The summed E-state index contributed by atoms with van der Waals surface area (Å²) in [5, 5.41) is 2.89. The molecule has 2 aromatic heterocycles. The lowest BCUT2D eigenvalue weighted by Gasteiger charge is -2.01. The van der Waals surface area contributed by atoms with Crippen LogP contribution in [0, 0.1) is 0 Å². The van der Waals surface area contributed by atoms with Crippen molar-refractivity contribution in [1.82, 2.24) is 14.7 Å². The smallest absolute Gasteiger partial charge is 0.219 e. The fourth-order valence-corrected chi connectivity index (χ4v) is 2.14. The van der Waals surface area contributed by atoms with Gasteiger partial charge in [-0.25, -0.2) is 4.98 Å². The maximum Gasteiger partial charge on any atom is 0.219 e. The number of hydrogen-bond acceptors (Lipinski definition) is 2. The van der Waals surface area contributed by atoms with E-state index in [9.17, 15) is 4.79 Å². The average molecular weight is 310 g/mol. The summed E-state index contributed by atoms with van der Waals surface area (Å²) < 4.78 is 3.00. The summed E-state index contributed by atoms with van der Waals surface area (Å²) in [5.41, 5.74) is 1.91. The van der Waals surface area contributed by atoms with Gasteiger partial charge in [0.25, 0.3) is 0 Å². The van der Waals surface area contributed by atoms with Gasteiger partial charge in [0.15, 0.2) is 0 Å². The third kappa shape index (κ3) is 3.32. The molecular formula is C13H16BrN3O. The van der Waals surface area contributed by atoms with E-state index in [4.69, 9.17) is 0 Å². The van der Waals surface area contributed by atoms with E-state index < -0.39 is 0 Å². The first-order valence-corrected chi connectivity index (χ1v) is 6.88. The van der Waals surface area contributed by atoms with E-state index in [0.717, 1.165) is 28.7 Å². The lowest BCUT2D eigenvalue weighted by molar-refractivity contribution is -0.121. The molecule has 1 amide bonds. The van der Waals surface area contributed by atoms with Crippen LogP contribution in [0.3, 0.4) is 0 Å². The predicted molar refractivity (Wildman–Crippen MR) is 74.5 cm³/mol. The number of rotatable bonds is 5. The summed E-state index contributed by atoms with van der Waals surface area (Å²) in [4.78, 5) is 15.8. The van der Waals surface area contributed by atoms with Crippen LogP contribution < -0.4 is 5.32 Å². The van der Waals surface area contributed by atoms with E-state index in [1.165, 1.54) is 0 Å². The second-order valence-corrected chi connectivity index (χ2v) is 5.11. The average Bonchev–Trinajstić information content (AvgIpc) is 2.71. The molecule has 0 saturated heterocycles. The molecule has 0 aliphatic carbocycles. The summed E-state index contributed by atoms with van der Waals surface area (Å²) in [6, 6.07) is 3.93. The Bertz CT molecular complexity index is 550. The zero-order valence-electron chi connectivity index (χ0n) is 10.3. The number of fused-ring (bicyclic) bond motifs is 1. The minimum Gasteiger partial charge on any atom is -0.356 e. The maximum absolute atomic E-state index is 11.3.